The first kappa shape index (κ1) is 14.8. The molecule has 1 N–H and O–H groups in total. The molecule has 0 atom stereocenters. The summed E-state index contributed by atoms with van der Waals surface area (Å²) in [6.45, 7) is 6.66. The molecule has 0 saturated carbocycles. The van der Waals surface area contributed by atoms with Crippen LogP contribution < -0.4 is 5.43 Å². The number of ether oxygens (including phenoxy) is 2. The van der Waals surface area contributed by atoms with Gasteiger partial charge in [0.1, 0.15) is 0 Å². The Morgan fingerprint density at radius 1 is 1.28 bits per heavy atom. The van der Waals surface area contributed by atoms with E-state index in [1.807, 2.05) is 20.8 Å². The molecule has 0 radical (unpaired) electrons. The van der Waals surface area contributed by atoms with Crippen molar-refractivity contribution in [3.8, 4) is 0 Å². The van der Waals surface area contributed by atoms with Gasteiger partial charge in [0.2, 0.25) is 5.91 Å². The Labute approximate surface area is 108 Å². The van der Waals surface area contributed by atoms with E-state index in [2.05, 4.69) is 10.2 Å². The summed E-state index contributed by atoms with van der Waals surface area (Å²) in [6.07, 6.45) is 0.802. The van der Waals surface area contributed by atoms with Gasteiger partial charge in [-0.1, -0.05) is 20.8 Å². The molecule has 0 aromatic carbocycles. The lowest BCUT2D eigenvalue weighted by atomic mass is 9.94. The summed E-state index contributed by atoms with van der Waals surface area (Å²) < 4.78 is 9.82. The van der Waals surface area contributed by atoms with E-state index < -0.39 is 11.5 Å². The predicted molar refractivity (Wildman–Crippen MR) is 65.7 cm³/mol. The lowest BCUT2D eigenvalue weighted by Gasteiger charge is -2.37. The zero-order valence-corrected chi connectivity index (χ0v) is 11.5. The normalized spacial score (nSPS) is 17.1. The number of carbonyl (C=O) groups is 2. The summed E-state index contributed by atoms with van der Waals surface area (Å²) in [6, 6.07) is -0.0374. The van der Waals surface area contributed by atoms with E-state index in [0.717, 1.165) is 0 Å². The van der Waals surface area contributed by atoms with Crippen molar-refractivity contribution < 1.29 is 19.1 Å². The highest BCUT2D eigenvalue weighted by Gasteiger charge is 2.34. The van der Waals surface area contributed by atoms with Crippen LogP contribution in [-0.4, -0.2) is 43.4 Å². The Morgan fingerprint density at radius 2 is 1.83 bits per heavy atom. The van der Waals surface area contributed by atoms with Gasteiger partial charge >= 0.3 is 6.09 Å². The van der Waals surface area contributed by atoms with Crippen LogP contribution in [0.5, 0.6) is 0 Å². The monoisotopic (exact) mass is 258 g/mol. The molecule has 1 rings (SSSR count). The van der Waals surface area contributed by atoms with Crippen LogP contribution >= 0.6 is 0 Å². The van der Waals surface area contributed by atoms with Crippen molar-refractivity contribution >= 4 is 12.0 Å². The molecule has 1 saturated heterocycles. The molecule has 1 aliphatic rings. The minimum atomic E-state index is -0.626. The quantitative estimate of drug-likeness (QED) is 0.720. The van der Waals surface area contributed by atoms with E-state index >= 15 is 0 Å². The van der Waals surface area contributed by atoms with E-state index in [1.165, 1.54) is 12.1 Å². The van der Waals surface area contributed by atoms with Crippen molar-refractivity contribution in [2.45, 2.75) is 39.7 Å². The summed E-state index contributed by atoms with van der Waals surface area (Å²) in [7, 11) is 1.28. The molecule has 1 aliphatic heterocycles. The Morgan fingerprint density at radius 3 is 2.28 bits per heavy atom. The molecule has 0 unspecified atom stereocenters. The van der Waals surface area contributed by atoms with Crippen molar-refractivity contribution in [1.82, 2.24) is 10.4 Å². The van der Waals surface area contributed by atoms with E-state index in [1.54, 1.807) is 0 Å². The summed E-state index contributed by atoms with van der Waals surface area (Å²) in [5.41, 5.74) is 1.95. The van der Waals surface area contributed by atoms with Crippen LogP contribution in [-0.2, 0) is 14.3 Å². The molecule has 6 heteroatoms. The molecule has 2 amide bonds. The molecule has 0 aliphatic carbocycles. The van der Waals surface area contributed by atoms with Gasteiger partial charge in [0.15, 0.2) is 0 Å². The summed E-state index contributed by atoms with van der Waals surface area (Å²) in [4.78, 5) is 23.7. The summed E-state index contributed by atoms with van der Waals surface area (Å²) in [5, 5.41) is 1.40. The fraction of sp³-hybridized carbons (Fsp3) is 0.833. The molecule has 0 spiro atoms. The molecular formula is C12H22N2O4. The number of carbonyl (C=O) groups excluding carboxylic acids is 2. The van der Waals surface area contributed by atoms with Gasteiger partial charge in [0, 0.05) is 18.6 Å². The van der Waals surface area contributed by atoms with Gasteiger partial charge in [0.25, 0.3) is 0 Å². The molecule has 1 heterocycles. The topological polar surface area (TPSA) is 67.9 Å². The minimum Gasteiger partial charge on any atom is -0.452 e. The van der Waals surface area contributed by atoms with Crippen LogP contribution in [0.1, 0.15) is 33.6 Å². The first-order chi connectivity index (χ1) is 8.36. The fourth-order valence-electron chi connectivity index (χ4n) is 1.76. The zero-order valence-electron chi connectivity index (χ0n) is 11.5. The smallest absolute Gasteiger partial charge is 0.425 e. The highest BCUT2D eigenvalue weighted by molar-refractivity contribution is 5.83. The second-order valence-corrected chi connectivity index (χ2v) is 5.37. The zero-order chi connectivity index (χ0) is 13.8. The van der Waals surface area contributed by atoms with Gasteiger partial charge in [-0.15, -0.1) is 0 Å². The highest BCUT2D eigenvalue weighted by atomic mass is 16.5. The van der Waals surface area contributed by atoms with Gasteiger partial charge in [-0.3, -0.25) is 4.79 Å². The van der Waals surface area contributed by atoms with Crippen molar-refractivity contribution in [3.05, 3.63) is 0 Å². The number of hydrogen-bond donors (Lipinski definition) is 1. The third kappa shape index (κ3) is 3.87. The standard InChI is InChI=1S/C12H22N2O4/c1-12(2,3)10(15)14(13-11(16)17-4)9-5-7-18-8-6-9/h9H,5-8H2,1-4H3,(H,13,16). The van der Waals surface area contributed by atoms with E-state index in [0.29, 0.717) is 26.1 Å². The summed E-state index contributed by atoms with van der Waals surface area (Å²) in [5.74, 6) is -0.125. The summed E-state index contributed by atoms with van der Waals surface area (Å²) >= 11 is 0. The number of nitrogens with one attached hydrogen (secondary N) is 1. The largest absolute Gasteiger partial charge is 0.452 e. The average Bonchev–Trinajstić information content (AvgIpc) is 2.34. The van der Waals surface area contributed by atoms with Crippen molar-refractivity contribution in [1.29, 1.82) is 0 Å². The number of hydrazine groups is 1. The number of methoxy groups -OCH3 is 1. The molecule has 0 aromatic rings. The predicted octanol–water partition coefficient (Wildman–Crippen LogP) is 1.31. The molecule has 104 valence electrons. The van der Waals surface area contributed by atoms with Crippen molar-refractivity contribution in [2.24, 2.45) is 5.41 Å². The van der Waals surface area contributed by atoms with Crippen LogP contribution in [0.2, 0.25) is 0 Å². The van der Waals surface area contributed by atoms with E-state index in [4.69, 9.17) is 4.74 Å². The second kappa shape index (κ2) is 6.04. The Hall–Kier alpha value is -1.30. The third-order valence-corrected chi connectivity index (χ3v) is 2.81. The van der Waals surface area contributed by atoms with Crippen LogP contribution in [0.25, 0.3) is 0 Å². The van der Waals surface area contributed by atoms with Crippen molar-refractivity contribution in [2.75, 3.05) is 20.3 Å². The van der Waals surface area contributed by atoms with Crippen LogP contribution in [0, 0.1) is 5.41 Å². The van der Waals surface area contributed by atoms with Gasteiger partial charge < -0.3 is 9.47 Å². The van der Waals surface area contributed by atoms with Crippen LogP contribution in [0.4, 0.5) is 4.79 Å². The number of amides is 2. The van der Waals surface area contributed by atoms with Crippen molar-refractivity contribution in [3.63, 3.8) is 0 Å². The Balaban J connectivity index is 2.79. The second-order valence-electron chi connectivity index (χ2n) is 5.37. The molecule has 0 aromatic heterocycles. The molecule has 18 heavy (non-hydrogen) atoms. The first-order valence-electron chi connectivity index (χ1n) is 6.12. The van der Waals surface area contributed by atoms with Crippen LogP contribution in [0.3, 0.4) is 0 Å². The number of rotatable bonds is 1. The SMILES string of the molecule is COC(=O)NN(C(=O)C(C)(C)C)C1CCOCC1. The highest BCUT2D eigenvalue weighted by Crippen LogP contribution is 2.21. The maximum absolute atomic E-state index is 12.3. The minimum absolute atomic E-state index is 0.0374. The molecular weight excluding hydrogens is 236 g/mol. The maximum atomic E-state index is 12.3. The number of hydrogen-bond acceptors (Lipinski definition) is 4. The van der Waals surface area contributed by atoms with E-state index in [9.17, 15) is 9.59 Å². The maximum Gasteiger partial charge on any atom is 0.425 e. The first-order valence-corrected chi connectivity index (χ1v) is 6.12. The van der Waals surface area contributed by atoms with Gasteiger partial charge in [-0.05, 0) is 12.8 Å². The molecule has 1 fully saturated rings. The van der Waals surface area contributed by atoms with Gasteiger partial charge in [-0.2, -0.15) is 0 Å². The molecule has 6 nitrogen and oxygen atoms in total. The Kier molecular flexibility index (Phi) is 4.95. The number of nitrogens with zero attached hydrogens (tertiary/aromatic N) is 1. The fourth-order valence-corrected chi connectivity index (χ4v) is 1.76. The third-order valence-electron chi connectivity index (χ3n) is 2.81. The lowest BCUT2D eigenvalue weighted by molar-refractivity contribution is -0.147. The lowest BCUT2D eigenvalue weighted by Crippen LogP contribution is -2.56. The van der Waals surface area contributed by atoms with Gasteiger partial charge in [0.05, 0.1) is 13.2 Å². The average molecular weight is 258 g/mol. The Bertz CT molecular complexity index is 306. The van der Waals surface area contributed by atoms with E-state index in [-0.39, 0.29) is 11.9 Å². The molecule has 0 bridgehead atoms. The van der Waals surface area contributed by atoms with Crippen LogP contribution in [0.15, 0.2) is 0 Å². The van der Waals surface area contributed by atoms with Gasteiger partial charge in [-0.25, -0.2) is 15.2 Å².